The number of hydrogen-bond acceptors (Lipinski definition) is 6. The van der Waals surface area contributed by atoms with Gasteiger partial charge in [-0.05, 0) is 36.2 Å². The number of anilines is 1. The fourth-order valence-electron chi connectivity index (χ4n) is 4.36. The third kappa shape index (κ3) is 4.70. The molecular weight excluding hydrogens is 417 g/mol. The van der Waals surface area contributed by atoms with Gasteiger partial charge in [-0.3, -0.25) is 4.79 Å². The Hall–Kier alpha value is -1.15. The van der Waals surface area contributed by atoms with Gasteiger partial charge in [0.1, 0.15) is 12.1 Å². The molecule has 1 aliphatic heterocycles. The van der Waals surface area contributed by atoms with E-state index in [-0.39, 0.29) is 36.1 Å². The van der Waals surface area contributed by atoms with Crippen LogP contribution in [0.25, 0.3) is 10.2 Å². The summed E-state index contributed by atoms with van der Waals surface area (Å²) in [6.45, 7) is 3.81. The summed E-state index contributed by atoms with van der Waals surface area (Å²) in [6.07, 6.45) is 8.16. The van der Waals surface area contributed by atoms with Gasteiger partial charge in [0, 0.05) is 32.6 Å². The Balaban J connectivity index is 0.00000140. The zero-order chi connectivity index (χ0) is 18.0. The van der Waals surface area contributed by atoms with Crippen LogP contribution in [0, 0.1) is 5.41 Å². The van der Waals surface area contributed by atoms with Crippen molar-refractivity contribution in [2.45, 2.75) is 38.5 Å². The number of carbonyl (C=O) groups is 1. The minimum Gasteiger partial charge on any atom is -0.352 e. The second kappa shape index (κ2) is 10.1. The number of nitrogens with two attached hydrogens (primary N) is 1. The number of rotatable bonds is 4. The lowest BCUT2D eigenvalue weighted by atomic mass is 9.71. The van der Waals surface area contributed by atoms with Gasteiger partial charge in [-0.25, -0.2) is 9.97 Å². The van der Waals surface area contributed by atoms with E-state index in [0.29, 0.717) is 13.0 Å². The molecule has 0 radical (unpaired) electrons. The highest BCUT2D eigenvalue weighted by molar-refractivity contribution is 7.17. The predicted molar refractivity (Wildman–Crippen MR) is 120 cm³/mol. The van der Waals surface area contributed by atoms with Crippen molar-refractivity contribution < 1.29 is 4.79 Å². The fraction of sp³-hybridized carbons (Fsp3) is 0.632. The van der Waals surface area contributed by atoms with Crippen molar-refractivity contribution in [3.05, 3.63) is 17.8 Å². The van der Waals surface area contributed by atoms with Crippen molar-refractivity contribution >= 4 is 58.1 Å². The largest absolute Gasteiger partial charge is 0.352 e. The second-order valence-electron chi connectivity index (χ2n) is 7.64. The number of fused-ring (bicyclic) bond motifs is 1. The Morgan fingerprint density at radius 3 is 2.50 bits per heavy atom. The Morgan fingerprint density at radius 1 is 1.11 bits per heavy atom. The van der Waals surface area contributed by atoms with Crippen molar-refractivity contribution in [1.29, 1.82) is 0 Å². The molecule has 9 heteroatoms. The maximum atomic E-state index is 12.9. The summed E-state index contributed by atoms with van der Waals surface area (Å²) in [7, 11) is 0. The molecule has 6 nitrogen and oxygen atoms in total. The van der Waals surface area contributed by atoms with Crippen molar-refractivity contribution in [1.82, 2.24) is 14.9 Å². The molecule has 1 saturated heterocycles. The number of nitrogens with zero attached hydrogens (tertiary/aromatic N) is 4. The van der Waals surface area contributed by atoms with E-state index < -0.39 is 0 Å². The molecule has 2 aliphatic rings. The Labute approximate surface area is 182 Å². The van der Waals surface area contributed by atoms with E-state index >= 15 is 0 Å². The average molecular weight is 446 g/mol. The summed E-state index contributed by atoms with van der Waals surface area (Å²) in [5, 5.41) is 2.05. The lowest BCUT2D eigenvalue weighted by Crippen LogP contribution is -2.50. The molecule has 4 rings (SSSR count). The number of thiophene rings is 1. The molecule has 0 bridgehead atoms. The zero-order valence-electron chi connectivity index (χ0n) is 16.0. The van der Waals surface area contributed by atoms with Crippen LogP contribution >= 0.6 is 36.2 Å². The van der Waals surface area contributed by atoms with E-state index in [1.54, 1.807) is 17.7 Å². The Bertz CT molecular complexity index is 773. The molecule has 2 N–H and O–H groups in total. The van der Waals surface area contributed by atoms with Crippen molar-refractivity contribution in [3.8, 4) is 0 Å². The minimum atomic E-state index is 0. The van der Waals surface area contributed by atoms with Crippen LogP contribution in [0.3, 0.4) is 0 Å². The summed E-state index contributed by atoms with van der Waals surface area (Å²) in [4.78, 5) is 26.0. The number of halogens is 2. The number of hydrogen-bond donors (Lipinski definition) is 1. The number of piperazine rings is 1. The van der Waals surface area contributed by atoms with Gasteiger partial charge >= 0.3 is 0 Å². The average Bonchev–Trinajstić information content (AvgIpc) is 3.18. The molecule has 1 aliphatic carbocycles. The first-order valence-corrected chi connectivity index (χ1v) is 10.5. The van der Waals surface area contributed by atoms with Gasteiger partial charge in [0.25, 0.3) is 0 Å². The lowest BCUT2D eigenvalue weighted by molar-refractivity contribution is -0.134. The number of carbonyl (C=O) groups excluding carboxylic acids is 1. The molecule has 3 heterocycles. The Morgan fingerprint density at radius 2 is 1.82 bits per heavy atom. The molecule has 28 heavy (non-hydrogen) atoms. The molecule has 0 aromatic carbocycles. The topological polar surface area (TPSA) is 75.4 Å². The first-order valence-electron chi connectivity index (χ1n) is 9.62. The van der Waals surface area contributed by atoms with Gasteiger partial charge in [0.15, 0.2) is 0 Å². The summed E-state index contributed by atoms with van der Waals surface area (Å²) >= 11 is 1.68. The van der Waals surface area contributed by atoms with Gasteiger partial charge in [0.2, 0.25) is 5.91 Å². The van der Waals surface area contributed by atoms with Gasteiger partial charge in [-0.2, -0.15) is 0 Å². The van der Waals surface area contributed by atoms with Crippen LogP contribution in [-0.2, 0) is 4.79 Å². The summed E-state index contributed by atoms with van der Waals surface area (Å²) in [5.74, 6) is 1.28. The first kappa shape index (κ1) is 23.1. The maximum Gasteiger partial charge on any atom is 0.223 e. The van der Waals surface area contributed by atoms with Gasteiger partial charge < -0.3 is 15.5 Å². The molecule has 0 unspecified atom stereocenters. The highest BCUT2D eigenvalue weighted by Crippen LogP contribution is 2.39. The van der Waals surface area contributed by atoms with Crippen LogP contribution in [0.5, 0.6) is 0 Å². The summed E-state index contributed by atoms with van der Waals surface area (Å²) in [5.41, 5.74) is 7.11. The van der Waals surface area contributed by atoms with E-state index in [4.69, 9.17) is 5.73 Å². The molecule has 0 atom stereocenters. The molecular formula is C19H29Cl2N5OS. The van der Waals surface area contributed by atoms with Gasteiger partial charge in [-0.1, -0.05) is 19.3 Å². The van der Waals surface area contributed by atoms with Crippen LogP contribution in [0.1, 0.15) is 38.5 Å². The van der Waals surface area contributed by atoms with Crippen molar-refractivity contribution in [2.24, 2.45) is 11.1 Å². The molecule has 1 amide bonds. The van der Waals surface area contributed by atoms with Gasteiger partial charge in [0.05, 0.1) is 10.2 Å². The van der Waals surface area contributed by atoms with Gasteiger partial charge in [-0.15, -0.1) is 36.2 Å². The van der Waals surface area contributed by atoms with Crippen molar-refractivity contribution in [2.75, 3.05) is 37.6 Å². The monoisotopic (exact) mass is 445 g/mol. The molecule has 2 fully saturated rings. The van der Waals surface area contributed by atoms with E-state index in [9.17, 15) is 4.79 Å². The lowest BCUT2D eigenvalue weighted by Gasteiger charge is -2.40. The van der Waals surface area contributed by atoms with Crippen LogP contribution in [-0.4, -0.2) is 53.5 Å². The predicted octanol–water partition coefficient (Wildman–Crippen LogP) is 3.48. The fourth-order valence-corrected chi connectivity index (χ4v) is 5.22. The second-order valence-corrected chi connectivity index (χ2v) is 8.56. The van der Waals surface area contributed by atoms with Crippen molar-refractivity contribution in [3.63, 3.8) is 0 Å². The highest BCUT2D eigenvalue weighted by Gasteiger charge is 2.35. The smallest absolute Gasteiger partial charge is 0.223 e. The SMILES string of the molecule is Cl.Cl.NCC1(CC(=O)N2CCN(c3ncnc4ccsc34)CC2)CCCCC1. The normalized spacial score (nSPS) is 19.0. The zero-order valence-corrected chi connectivity index (χ0v) is 18.5. The van der Waals surface area contributed by atoms with E-state index in [0.717, 1.165) is 55.1 Å². The maximum absolute atomic E-state index is 12.9. The van der Waals surface area contributed by atoms with Crippen LogP contribution in [0.4, 0.5) is 5.82 Å². The van der Waals surface area contributed by atoms with Crippen LogP contribution in [0.2, 0.25) is 0 Å². The summed E-state index contributed by atoms with van der Waals surface area (Å²) in [6, 6.07) is 2.03. The minimum absolute atomic E-state index is 0. The van der Waals surface area contributed by atoms with E-state index in [1.165, 1.54) is 19.3 Å². The molecule has 1 saturated carbocycles. The third-order valence-electron chi connectivity index (χ3n) is 6.03. The Kier molecular flexibility index (Phi) is 8.30. The molecule has 156 valence electrons. The van der Waals surface area contributed by atoms with E-state index in [1.807, 2.05) is 11.0 Å². The highest BCUT2D eigenvalue weighted by atomic mass is 35.5. The van der Waals surface area contributed by atoms with Crippen LogP contribution < -0.4 is 10.6 Å². The first-order chi connectivity index (χ1) is 12.7. The third-order valence-corrected chi connectivity index (χ3v) is 6.93. The summed E-state index contributed by atoms with van der Waals surface area (Å²) < 4.78 is 1.14. The van der Waals surface area contributed by atoms with E-state index in [2.05, 4.69) is 20.2 Å². The quantitative estimate of drug-likeness (QED) is 0.778. The van der Waals surface area contributed by atoms with Crippen LogP contribution in [0.15, 0.2) is 17.8 Å². The number of aromatic nitrogens is 2. The molecule has 2 aromatic heterocycles. The molecule has 0 spiro atoms. The number of amides is 1. The molecule has 2 aromatic rings. The standard InChI is InChI=1S/C19H27N5OS.2ClH/c20-13-19(5-2-1-3-6-19)12-16(25)23-7-9-24(10-8-23)18-17-15(4-11-26-17)21-14-22-18;;/h4,11,14H,1-3,5-10,12-13,20H2;2*1H.